The number of alkyl halides is 3. The number of hydrogen-bond acceptors (Lipinski definition) is 2. The van der Waals surface area contributed by atoms with Crippen molar-refractivity contribution in [1.29, 1.82) is 0 Å². The zero-order chi connectivity index (χ0) is 14.6. The maximum absolute atomic E-state index is 12.5. The van der Waals surface area contributed by atoms with Crippen LogP contribution in [0.15, 0.2) is 18.2 Å². The highest BCUT2D eigenvalue weighted by Crippen LogP contribution is 2.30. The molecule has 1 aromatic rings. The van der Waals surface area contributed by atoms with Crippen LogP contribution in [0.3, 0.4) is 0 Å². The SMILES string of the molecule is CCCN(CC(F)(F)F)c1cccc(Cl)c1C(=O)O. The number of halogens is 4. The van der Waals surface area contributed by atoms with Crippen LogP contribution in [0, 0.1) is 0 Å². The van der Waals surface area contributed by atoms with Crippen molar-refractivity contribution in [3.8, 4) is 0 Å². The van der Waals surface area contributed by atoms with Crippen LogP contribution in [0.4, 0.5) is 18.9 Å². The Bertz CT molecular complexity index is 463. The first-order valence-electron chi connectivity index (χ1n) is 5.59. The maximum Gasteiger partial charge on any atom is 0.405 e. The Kier molecular flexibility index (Phi) is 5.05. The van der Waals surface area contributed by atoms with Gasteiger partial charge in [-0.1, -0.05) is 24.6 Å². The van der Waals surface area contributed by atoms with Crippen LogP contribution >= 0.6 is 11.6 Å². The minimum atomic E-state index is -4.41. The van der Waals surface area contributed by atoms with Gasteiger partial charge in [-0.25, -0.2) is 4.79 Å². The standard InChI is InChI=1S/C12H13ClF3NO2/c1-2-6-17(7-12(14,15)16)9-5-3-4-8(13)10(9)11(18)19/h3-5H,2,6-7H2,1H3,(H,18,19). The molecule has 19 heavy (non-hydrogen) atoms. The molecule has 0 heterocycles. The van der Waals surface area contributed by atoms with Crippen molar-refractivity contribution in [2.75, 3.05) is 18.0 Å². The molecule has 0 radical (unpaired) electrons. The quantitative estimate of drug-likeness (QED) is 0.898. The van der Waals surface area contributed by atoms with Gasteiger partial charge in [0.2, 0.25) is 0 Å². The minimum absolute atomic E-state index is 0.0147. The van der Waals surface area contributed by atoms with Crippen molar-refractivity contribution < 1.29 is 23.1 Å². The lowest BCUT2D eigenvalue weighted by molar-refractivity contribution is -0.119. The number of rotatable bonds is 5. The first-order chi connectivity index (χ1) is 8.76. The maximum atomic E-state index is 12.5. The number of benzene rings is 1. The van der Waals surface area contributed by atoms with Gasteiger partial charge in [-0.15, -0.1) is 0 Å². The monoisotopic (exact) mass is 295 g/mol. The normalized spacial score (nSPS) is 11.4. The second-order valence-electron chi connectivity index (χ2n) is 3.98. The van der Waals surface area contributed by atoms with Crippen LogP contribution in [0.5, 0.6) is 0 Å². The van der Waals surface area contributed by atoms with E-state index in [9.17, 15) is 18.0 Å². The van der Waals surface area contributed by atoms with E-state index in [0.29, 0.717) is 6.42 Å². The Labute approximate surface area is 113 Å². The van der Waals surface area contributed by atoms with Gasteiger partial charge in [0, 0.05) is 6.54 Å². The molecule has 0 aliphatic heterocycles. The lowest BCUT2D eigenvalue weighted by atomic mass is 10.1. The average Bonchev–Trinajstić information content (AvgIpc) is 2.25. The number of aromatic carboxylic acids is 1. The van der Waals surface area contributed by atoms with Gasteiger partial charge >= 0.3 is 12.1 Å². The summed E-state index contributed by atoms with van der Waals surface area (Å²) in [4.78, 5) is 12.1. The van der Waals surface area contributed by atoms with Crippen LogP contribution in [0.25, 0.3) is 0 Å². The minimum Gasteiger partial charge on any atom is -0.478 e. The number of carbonyl (C=O) groups is 1. The molecule has 0 fully saturated rings. The van der Waals surface area contributed by atoms with E-state index in [0.717, 1.165) is 4.90 Å². The molecule has 0 aliphatic rings. The first-order valence-corrected chi connectivity index (χ1v) is 5.97. The van der Waals surface area contributed by atoms with E-state index in [1.807, 2.05) is 0 Å². The predicted octanol–water partition coefficient (Wildman–Crippen LogP) is 3.82. The second-order valence-corrected chi connectivity index (χ2v) is 4.38. The summed E-state index contributed by atoms with van der Waals surface area (Å²) in [7, 11) is 0. The summed E-state index contributed by atoms with van der Waals surface area (Å²) in [6.45, 7) is 0.607. The third-order valence-electron chi connectivity index (χ3n) is 2.41. The van der Waals surface area contributed by atoms with Gasteiger partial charge in [-0.3, -0.25) is 0 Å². The highest BCUT2D eigenvalue weighted by Gasteiger charge is 2.32. The van der Waals surface area contributed by atoms with Crippen LogP contribution in [0.1, 0.15) is 23.7 Å². The summed E-state index contributed by atoms with van der Waals surface area (Å²) in [6, 6.07) is 4.10. The van der Waals surface area contributed by atoms with E-state index in [1.54, 1.807) is 6.92 Å². The number of anilines is 1. The molecule has 1 rings (SSSR count). The second kappa shape index (κ2) is 6.14. The fourth-order valence-electron chi connectivity index (χ4n) is 1.76. The number of carboxylic acid groups (broad SMARTS) is 1. The summed E-state index contributed by atoms with van der Waals surface area (Å²) in [5.74, 6) is -1.34. The molecular weight excluding hydrogens is 283 g/mol. The molecule has 0 aliphatic carbocycles. The molecule has 0 aromatic heterocycles. The molecule has 0 unspecified atom stereocenters. The van der Waals surface area contributed by atoms with Crippen LogP contribution in [-0.4, -0.2) is 30.3 Å². The number of hydrogen-bond donors (Lipinski definition) is 1. The fraction of sp³-hybridized carbons (Fsp3) is 0.417. The van der Waals surface area contributed by atoms with Crippen molar-refractivity contribution in [1.82, 2.24) is 0 Å². The van der Waals surface area contributed by atoms with E-state index >= 15 is 0 Å². The highest BCUT2D eigenvalue weighted by molar-refractivity contribution is 6.34. The summed E-state index contributed by atoms with van der Waals surface area (Å²) < 4.78 is 37.6. The Hall–Kier alpha value is -1.43. The summed E-state index contributed by atoms with van der Waals surface area (Å²) in [6.07, 6.45) is -3.95. The van der Waals surface area contributed by atoms with E-state index < -0.39 is 18.7 Å². The molecule has 0 saturated heterocycles. The molecule has 3 nitrogen and oxygen atoms in total. The molecule has 0 bridgehead atoms. The van der Waals surface area contributed by atoms with E-state index in [-0.39, 0.29) is 22.8 Å². The highest BCUT2D eigenvalue weighted by atomic mass is 35.5. The van der Waals surface area contributed by atoms with Gasteiger partial charge in [0.25, 0.3) is 0 Å². The van der Waals surface area contributed by atoms with E-state index in [4.69, 9.17) is 16.7 Å². The van der Waals surface area contributed by atoms with Gasteiger partial charge in [0.1, 0.15) is 12.1 Å². The van der Waals surface area contributed by atoms with Crippen molar-refractivity contribution in [3.63, 3.8) is 0 Å². The summed E-state index contributed by atoms with van der Waals surface area (Å²) >= 11 is 5.75. The van der Waals surface area contributed by atoms with Crippen LogP contribution < -0.4 is 4.90 Å². The van der Waals surface area contributed by atoms with E-state index in [1.165, 1.54) is 18.2 Å². The molecule has 0 atom stereocenters. The molecule has 7 heteroatoms. The van der Waals surface area contributed by atoms with E-state index in [2.05, 4.69) is 0 Å². The van der Waals surface area contributed by atoms with Crippen LogP contribution in [-0.2, 0) is 0 Å². The van der Waals surface area contributed by atoms with Crippen molar-refractivity contribution in [3.05, 3.63) is 28.8 Å². The molecule has 106 valence electrons. The smallest absolute Gasteiger partial charge is 0.405 e. The molecule has 1 aromatic carbocycles. The summed E-state index contributed by atoms with van der Waals surface area (Å²) in [5.41, 5.74) is -0.318. The topological polar surface area (TPSA) is 40.5 Å². The average molecular weight is 296 g/mol. The number of carboxylic acids is 1. The number of nitrogens with zero attached hydrogens (tertiary/aromatic N) is 1. The lowest BCUT2D eigenvalue weighted by Gasteiger charge is -2.27. The van der Waals surface area contributed by atoms with Crippen molar-refractivity contribution >= 4 is 23.3 Å². The third-order valence-corrected chi connectivity index (χ3v) is 2.72. The Morgan fingerprint density at radius 3 is 2.53 bits per heavy atom. The predicted molar refractivity (Wildman–Crippen MR) is 67.0 cm³/mol. The Balaban J connectivity index is 3.22. The van der Waals surface area contributed by atoms with Crippen LogP contribution in [0.2, 0.25) is 5.02 Å². The molecular formula is C12H13ClF3NO2. The molecule has 0 saturated carbocycles. The largest absolute Gasteiger partial charge is 0.478 e. The molecule has 0 amide bonds. The summed E-state index contributed by atoms with van der Waals surface area (Å²) in [5, 5.41) is 8.99. The first kappa shape index (κ1) is 15.6. The zero-order valence-corrected chi connectivity index (χ0v) is 10.9. The fourth-order valence-corrected chi connectivity index (χ4v) is 2.01. The lowest BCUT2D eigenvalue weighted by Crippen LogP contribution is -2.35. The molecule has 0 spiro atoms. The Morgan fingerprint density at radius 2 is 2.05 bits per heavy atom. The zero-order valence-electron chi connectivity index (χ0n) is 10.2. The third kappa shape index (κ3) is 4.31. The van der Waals surface area contributed by atoms with Gasteiger partial charge in [-0.2, -0.15) is 13.2 Å². The molecule has 1 N–H and O–H groups in total. The van der Waals surface area contributed by atoms with Crippen molar-refractivity contribution in [2.24, 2.45) is 0 Å². The van der Waals surface area contributed by atoms with Gasteiger partial charge in [-0.05, 0) is 18.6 Å². The Morgan fingerprint density at radius 1 is 1.42 bits per heavy atom. The van der Waals surface area contributed by atoms with Crippen molar-refractivity contribution in [2.45, 2.75) is 19.5 Å². The van der Waals surface area contributed by atoms with Gasteiger partial charge < -0.3 is 10.0 Å². The van der Waals surface area contributed by atoms with Gasteiger partial charge in [0.15, 0.2) is 0 Å². The van der Waals surface area contributed by atoms with Gasteiger partial charge in [0.05, 0.1) is 10.7 Å².